The van der Waals surface area contributed by atoms with Crippen molar-refractivity contribution in [1.82, 2.24) is 10.6 Å². The minimum Gasteiger partial charge on any atom is -0.388 e. The van der Waals surface area contributed by atoms with E-state index in [9.17, 15) is 9.59 Å². The van der Waals surface area contributed by atoms with Gasteiger partial charge in [0.1, 0.15) is 5.92 Å². The lowest BCUT2D eigenvalue weighted by atomic mass is 9.69. The van der Waals surface area contributed by atoms with Crippen LogP contribution >= 0.6 is 0 Å². The quantitative estimate of drug-likeness (QED) is 0.676. The summed E-state index contributed by atoms with van der Waals surface area (Å²) in [4.78, 5) is 25.5. The van der Waals surface area contributed by atoms with Crippen LogP contribution in [0.3, 0.4) is 0 Å². The molecule has 1 aliphatic rings. The van der Waals surface area contributed by atoms with E-state index in [1.807, 2.05) is 62.4 Å². The molecule has 2 aromatic rings. The molecular weight excluding hydrogens is 360 g/mol. The minimum atomic E-state index is -0.641. The summed E-state index contributed by atoms with van der Waals surface area (Å²) < 4.78 is 0. The van der Waals surface area contributed by atoms with Crippen molar-refractivity contribution < 1.29 is 9.59 Å². The van der Waals surface area contributed by atoms with E-state index in [4.69, 9.17) is 0 Å². The summed E-state index contributed by atoms with van der Waals surface area (Å²) in [6.07, 6.45) is 3.97. The highest BCUT2D eigenvalue weighted by Gasteiger charge is 2.43. The Morgan fingerprint density at radius 1 is 0.931 bits per heavy atom. The molecule has 0 radical (unpaired) electrons. The molecule has 1 aliphatic carbocycles. The van der Waals surface area contributed by atoms with Gasteiger partial charge in [-0.2, -0.15) is 0 Å². The van der Waals surface area contributed by atoms with Gasteiger partial charge in [-0.1, -0.05) is 74.5 Å². The summed E-state index contributed by atoms with van der Waals surface area (Å²) in [7, 11) is 0. The highest BCUT2D eigenvalue weighted by molar-refractivity contribution is 6.08. The SMILES string of the molecule is CC1(C)CC(NCCc2ccccc2)=CC(=O)[C@@H]1C(=O)NCCc1ccccc1. The fourth-order valence-electron chi connectivity index (χ4n) is 3.97. The number of amides is 1. The molecule has 0 fully saturated rings. The van der Waals surface area contributed by atoms with Crippen LogP contribution in [0.25, 0.3) is 0 Å². The molecule has 0 spiro atoms. The Hall–Kier alpha value is -2.88. The summed E-state index contributed by atoms with van der Waals surface area (Å²) in [6, 6.07) is 20.3. The number of allylic oxidation sites excluding steroid dienone is 2. The Labute approximate surface area is 173 Å². The number of hydrogen-bond donors (Lipinski definition) is 2. The Morgan fingerprint density at radius 3 is 2.03 bits per heavy atom. The second kappa shape index (κ2) is 9.55. The first kappa shape index (κ1) is 20.8. The van der Waals surface area contributed by atoms with Gasteiger partial charge in [0.25, 0.3) is 0 Å². The summed E-state index contributed by atoms with van der Waals surface area (Å²) in [6.45, 7) is 5.30. The van der Waals surface area contributed by atoms with Crippen LogP contribution in [-0.4, -0.2) is 24.8 Å². The molecule has 1 amide bonds. The van der Waals surface area contributed by atoms with E-state index in [2.05, 4.69) is 22.8 Å². The van der Waals surface area contributed by atoms with Crippen molar-refractivity contribution in [2.75, 3.05) is 13.1 Å². The molecule has 29 heavy (non-hydrogen) atoms. The maximum atomic E-state index is 12.8. The predicted octanol–water partition coefficient (Wildman–Crippen LogP) is 3.68. The zero-order valence-corrected chi connectivity index (χ0v) is 17.3. The Morgan fingerprint density at radius 2 is 1.48 bits per heavy atom. The van der Waals surface area contributed by atoms with E-state index in [0.717, 1.165) is 25.1 Å². The lowest BCUT2D eigenvalue weighted by Gasteiger charge is -2.36. The minimum absolute atomic E-state index is 0.110. The van der Waals surface area contributed by atoms with Gasteiger partial charge in [0.15, 0.2) is 5.78 Å². The van der Waals surface area contributed by atoms with Gasteiger partial charge < -0.3 is 10.6 Å². The molecule has 4 nitrogen and oxygen atoms in total. The number of ketones is 1. The van der Waals surface area contributed by atoms with Gasteiger partial charge in [0.05, 0.1) is 0 Å². The van der Waals surface area contributed by atoms with Gasteiger partial charge in [0, 0.05) is 24.9 Å². The molecule has 0 saturated heterocycles. The fraction of sp³-hybridized carbons (Fsp3) is 0.360. The second-order valence-electron chi connectivity index (χ2n) is 8.36. The number of carbonyl (C=O) groups excluding carboxylic acids is 2. The summed E-state index contributed by atoms with van der Waals surface area (Å²) in [5.74, 6) is -0.922. The van der Waals surface area contributed by atoms with Gasteiger partial charge in [-0.3, -0.25) is 9.59 Å². The standard InChI is InChI=1S/C25H30N2O2/c1-25(2)18-21(26-15-13-19-9-5-3-6-10-19)17-22(28)23(25)24(29)27-16-14-20-11-7-4-8-12-20/h3-12,17,23,26H,13-16,18H2,1-2H3,(H,27,29)/t23-/m1/s1. The largest absolute Gasteiger partial charge is 0.388 e. The third kappa shape index (κ3) is 5.80. The van der Waals surface area contributed by atoms with Crippen molar-refractivity contribution in [3.05, 3.63) is 83.6 Å². The molecule has 0 aliphatic heterocycles. The highest BCUT2D eigenvalue weighted by atomic mass is 16.2. The maximum absolute atomic E-state index is 12.8. The Kier molecular flexibility index (Phi) is 6.86. The number of benzene rings is 2. The summed E-state index contributed by atoms with van der Waals surface area (Å²) >= 11 is 0. The fourth-order valence-corrected chi connectivity index (χ4v) is 3.97. The van der Waals surface area contributed by atoms with E-state index in [0.29, 0.717) is 13.0 Å². The topological polar surface area (TPSA) is 58.2 Å². The van der Waals surface area contributed by atoms with Crippen LogP contribution in [-0.2, 0) is 22.4 Å². The van der Waals surface area contributed by atoms with Crippen LogP contribution in [0.15, 0.2) is 72.4 Å². The number of rotatable bonds is 8. The Bertz CT molecular complexity index is 857. The predicted molar refractivity (Wildman–Crippen MR) is 116 cm³/mol. The molecule has 0 saturated carbocycles. The van der Waals surface area contributed by atoms with Gasteiger partial charge in [-0.25, -0.2) is 0 Å². The van der Waals surface area contributed by atoms with Crippen molar-refractivity contribution >= 4 is 11.7 Å². The first-order valence-electron chi connectivity index (χ1n) is 10.3. The molecule has 0 aromatic heterocycles. The molecule has 2 aromatic carbocycles. The van der Waals surface area contributed by atoms with E-state index in [1.54, 1.807) is 6.08 Å². The van der Waals surface area contributed by atoms with Gasteiger partial charge in [0.2, 0.25) is 5.91 Å². The average Bonchev–Trinajstić information content (AvgIpc) is 2.68. The van der Waals surface area contributed by atoms with Crippen LogP contribution in [0, 0.1) is 11.3 Å². The average molecular weight is 391 g/mol. The maximum Gasteiger partial charge on any atom is 0.231 e. The zero-order chi connectivity index (χ0) is 20.7. The zero-order valence-electron chi connectivity index (χ0n) is 17.3. The van der Waals surface area contributed by atoms with E-state index in [-0.39, 0.29) is 11.7 Å². The van der Waals surface area contributed by atoms with Crippen LogP contribution < -0.4 is 10.6 Å². The van der Waals surface area contributed by atoms with Crippen molar-refractivity contribution in [3.63, 3.8) is 0 Å². The molecule has 4 heteroatoms. The van der Waals surface area contributed by atoms with Gasteiger partial charge >= 0.3 is 0 Å². The number of carbonyl (C=O) groups is 2. The van der Waals surface area contributed by atoms with Gasteiger partial charge in [-0.05, 0) is 35.8 Å². The third-order valence-electron chi connectivity index (χ3n) is 5.46. The van der Waals surface area contributed by atoms with Crippen LogP contribution in [0.5, 0.6) is 0 Å². The smallest absolute Gasteiger partial charge is 0.231 e. The van der Waals surface area contributed by atoms with Crippen LogP contribution in [0.1, 0.15) is 31.4 Å². The lowest BCUT2D eigenvalue weighted by molar-refractivity contribution is -0.137. The lowest BCUT2D eigenvalue weighted by Crippen LogP contribution is -2.47. The molecule has 2 N–H and O–H groups in total. The van der Waals surface area contributed by atoms with Crippen LogP contribution in [0.2, 0.25) is 0 Å². The normalized spacial score (nSPS) is 18.1. The molecule has 0 bridgehead atoms. The molecule has 152 valence electrons. The molecule has 0 unspecified atom stereocenters. The Balaban J connectivity index is 1.53. The van der Waals surface area contributed by atoms with E-state index < -0.39 is 11.3 Å². The van der Waals surface area contributed by atoms with Crippen molar-refractivity contribution in [3.8, 4) is 0 Å². The monoisotopic (exact) mass is 390 g/mol. The van der Waals surface area contributed by atoms with Crippen LogP contribution in [0.4, 0.5) is 0 Å². The first-order valence-corrected chi connectivity index (χ1v) is 10.3. The number of nitrogens with one attached hydrogen (secondary N) is 2. The van der Waals surface area contributed by atoms with Crippen molar-refractivity contribution in [2.24, 2.45) is 11.3 Å². The third-order valence-corrected chi connectivity index (χ3v) is 5.46. The van der Waals surface area contributed by atoms with E-state index >= 15 is 0 Å². The van der Waals surface area contributed by atoms with E-state index in [1.165, 1.54) is 11.1 Å². The number of hydrogen-bond acceptors (Lipinski definition) is 3. The van der Waals surface area contributed by atoms with Gasteiger partial charge in [-0.15, -0.1) is 0 Å². The molecule has 0 heterocycles. The van der Waals surface area contributed by atoms with Crippen molar-refractivity contribution in [2.45, 2.75) is 33.1 Å². The molecule has 3 rings (SSSR count). The summed E-state index contributed by atoms with van der Waals surface area (Å²) in [5.41, 5.74) is 2.94. The van der Waals surface area contributed by atoms with Crippen molar-refractivity contribution in [1.29, 1.82) is 0 Å². The molecule has 1 atom stereocenters. The summed E-state index contributed by atoms with van der Waals surface area (Å²) in [5, 5.41) is 6.35. The first-order chi connectivity index (χ1) is 14.0. The second-order valence-corrected chi connectivity index (χ2v) is 8.36. The molecular formula is C25H30N2O2. The highest BCUT2D eigenvalue weighted by Crippen LogP contribution is 2.38.